The highest BCUT2D eigenvalue weighted by atomic mass is 32.1. The van der Waals surface area contributed by atoms with Crippen molar-refractivity contribution in [2.45, 2.75) is 25.3 Å². The topological polar surface area (TPSA) is 37.6 Å². The van der Waals surface area contributed by atoms with E-state index in [1.54, 1.807) is 28.4 Å². The molecular weight excluding hydrogens is 325 g/mol. The maximum absolute atomic E-state index is 13.2. The van der Waals surface area contributed by atoms with Crippen LogP contribution in [0.2, 0.25) is 0 Å². The number of carbonyl (C=O) groups excluding carboxylic acids is 1. The molecule has 0 N–H and O–H groups in total. The first-order valence-electron chi connectivity index (χ1n) is 8.04. The standard InChI is InChI=1S/C18H18FN3OS/c1-21(16(23)10-15-11-22-8-9-24-18(22)20-15)17(12-2-3-12)13-4-6-14(19)7-5-13/h4-9,11-12,17H,2-3,10H2,1H3/t17-/m1/s1. The van der Waals surface area contributed by atoms with E-state index in [2.05, 4.69) is 4.98 Å². The van der Waals surface area contributed by atoms with E-state index >= 15 is 0 Å². The lowest BCUT2D eigenvalue weighted by Gasteiger charge is -2.28. The molecule has 1 aliphatic rings. The summed E-state index contributed by atoms with van der Waals surface area (Å²) in [6.45, 7) is 0. The van der Waals surface area contributed by atoms with Gasteiger partial charge in [0.25, 0.3) is 0 Å². The van der Waals surface area contributed by atoms with Crippen molar-refractivity contribution in [2.75, 3.05) is 7.05 Å². The molecule has 0 aliphatic heterocycles. The average Bonchev–Trinajstić information content (AvgIpc) is 3.17. The van der Waals surface area contributed by atoms with E-state index in [-0.39, 0.29) is 24.2 Å². The molecule has 4 rings (SSSR count). The maximum Gasteiger partial charge on any atom is 0.228 e. The molecule has 1 saturated carbocycles. The molecule has 1 amide bonds. The number of likely N-dealkylation sites (N-methyl/N-ethyl adjacent to an activating group) is 1. The van der Waals surface area contributed by atoms with Crippen molar-refractivity contribution in [3.63, 3.8) is 0 Å². The summed E-state index contributed by atoms with van der Waals surface area (Å²) in [5.41, 5.74) is 1.79. The first-order valence-corrected chi connectivity index (χ1v) is 8.92. The number of imidazole rings is 1. The summed E-state index contributed by atoms with van der Waals surface area (Å²) in [5, 5.41) is 1.97. The van der Waals surface area contributed by atoms with Gasteiger partial charge in [0.2, 0.25) is 5.91 Å². The molecule has 0 saturated heterocycles. The molecule has 1 aromatic carbocycles. The van der Waals surface area contributed by atoms with Gasteiger partial charge in [-0.25, -0.2) is 9.37 Å². The van der Waals surface area contributed by atoms with Crippen molar-refractivity contribution >= 4 is 22.2 Å². The number of benzene rings is 1. The Hall–Kier alpha value is -2.21. The number of carbonyl (C=O) groups is 1. The minimum absolute atomic E-state index is 0.0156. The molecule has 3 aromatic rings. The summed E-state index contributed by atoms with van der Waals surface area (Å²) in [4.78, 5) is 19.9. The lowest BCUT2D eigenvalue weighted by Crippen LogP contribution is -2.33. The number of hydrogen-bond acceptors (Lipinski definition) is 3. The molecule has 1 atom stereocenters. The van der Waals surface area contributed by atoms with Crippen molar-refractivity contribution < 1.29 is 9.18 Å². The third-order valence-corrected chi connectivity index (χ3v) is 5.34. The van der Waals surface area contributed by atoms with E-state index in [0.29, 0.717) is 5.92 Å². The molecule has 1 aliphatic carbocycles. The second-order valence-electron chi connectivity index (χ2n) is 6.34. The van der Waals surface area contributed by atoms with Crippen LogP contribution in [0.1, 0.15) is 30.1 Å². The molecule has 0 radical (unpaired) electrons. The van der Waals surface area contributed by atoms with E-state index < -0.39 is 0 Å². The molecule has 2 aromatic heterocycles. The summed E-state index contributed by atoms with van der Waals surface area (Å²) >= 11 is 1.55. The molecule has 0 bridgehead atoms. The van der Waals surface area contributed by atoms with Gasteiger partial charge in [0.15, 0.2) is 4.96 Å². The van der Waals surface area contributed by atoms with Gasteiger partial charge in [-0.2, -0.15) is 0 Å². The predicted molar refractivity (Wildman–Crippen MR) is 91.4 cm³/mol. The number of aromatic nitrogens is 2. The normalized spacial score (nSPS) is 15.6. The number of amides is 1. The fourth-order valence-electron chi connectivity index (χ4n) is 3.18. The summed E-state index contributed by atoms with van der Waals surface area (Å²) in [6, 6.07) is 6.52. The first kappa shape index (κ1) is 15.3. The van der Waals surface area contributed by atoms with Gasteiger partial charge in [-0.15, -0.1) is 11.3 Å². The molecule has 2 heterocycles. The van der Waals surface area contributed by atoms with Crippen LogP contribution in [-0.4, -0.2) is 27.2 Å². The number of thiazole rings is 1. The third-order valence-electron chi connectivity index (χ3n) is 4.57. The number of halogens is 1. The summed E-state index contributed by atoms with van der Waals surface area (Å²) in [5.74, 6) is 0.261. The third kappa shape index (κ3) is 2.94. The number of rotatable bonds is 5. The second kappa shape index (κ2) is 6.02. The van der Waals surface area contributed by atoms with Crippen LogP contribution in [0.4, 0.5) is 4.39 Å². The Morgan fingerprint density at radius 2 is 2.17 bits per heavy atom. The van der Waals surface area contributed by atoms with Crippen LogP contribution < -0.4 is 0 Å². The zero-order chi connectivity index (χ0) is 16.7. The van der Waals surface area contributed by atoms with Crippen LogP contribution in [0.3, 0.4) is 0 Å². The monoisotopic (exact) mass is 343 g/mol. The minimum atomic E-state index is -0.250. The van der Waals surface area contributed by atoms with Crippen molar-refractivity contribution in [3.8, 4) is 0 Å². The van der Waals surface area contributed by atoms with Gasteiger partial charge in [0, 0.05) is 24.8 Å². The summed E-state index contributed by atoms with van der Waals surface area (Å²) in [7, 11) is 1.84. The van der Waals surface area contributed by atoms with Crippen LogP contribution >= 0.6 is 11.3 Å². The van der Waals surface area contributed by atoms with Gasteiger partial charge in [-0.3, -0.25) is 9.20 Å². The zero-order valence-electron chi connectivity index (χ0n) is 13.4. The molecule has 1 fully saturated rings. The van der Waals surface area contributed by atoms with Crippen molar-refractivity contribution in [2.24, 2.45) is 5.92 Å². The fraction of sp³-hybridized carbons (Fsp3) is 0.333. The van der Waals surface area contributed by atoms with Gasteiger partial charge in [0.1, 0.15) is 5.82 Å². The molecule has 0 spiro atoms. The first-order chi connectivity index (χ1) is 11.6. The maximum atomic E-state index is 13.2. The van der Waals surface area contributed by atoms with Crippen LogP contribution in [-0.2, 0) is 11.2 Å². The molecular formula is C18H18FN3OS. The van der Waals surface area contributed by atoms with Crippen LogP contribution in [0.25, 0.3) is 4.96 Å². The number of hydrogen-bond donors (Lipinski definition) is 0. The van der Waals surface area contributed by atoms with E-state index in [4.69, 9.17) is 0 Å². The van der Waals surface area contributed by atoms with Crippen LogP contribution in [0.15, 0.2) is 42.0 Å². The Kier molecular flexibility index (Phi) is 3.84. The van der Waals surface area contributed by atoms with Crippen molar-refractivity contribution in [1.82, 2.24) is 14.3 Å². The smallest absolute Gasteiger partial charge is 0.228 e. The molecule has 124 valence electrons. The Bertz CT molecular complexity index is 837. The Labute approximate surface area is 143 Å². The Morgan fingerprint density at radius 3 is 2.83 bits per heavy atom. The highest BCUT2D eigenvalue weighted by Gasteiger charge is 2.36. The number of fused-ring (bicyclic) bond motifs is 1. The van der Waals surface area contributed by atoms with Gasteiger partial charge in [0.05, 0.1) is 18.2 Å². The zero-order valence-corrected chi connectivity index (χ0v) is 14.2. The predicted octanol–water partition coefficient (Wildman–Crippen LogP) is 3.69. The van der Waals surface area contributed by atoms with Gasteiger partial charge < -0.3 is 4.90 Å². The Balaban J connectivity index is 1.53. The highest BCUT2D eigenvalue weighted by Crippen LogP contribution is 2.44. The van der Waals surface area contributed by atoms with E-state index in [0.717, 1.165) is 29.1 Å². The van der Waals surface area contributed by atoms with Crippen LogP contribution in [0.5, 0.6) is 0 Å². The summed E-state index contributed by atoms with van der Waals surface area (Å²) < 4.78 is 15.1. The highest BCUT2D eigenvalue weighted by molar-refractivity contribution is 7.15. The lowest BCUT2D eigenvalue weighted by molar-refractivity contribution is -0.131. The second-order valence-corrected chi connectivity index (χ2v) is 7.21. The minimum Gasteiger partial charge on any atom is -0.338 e. The van der Waals surface area contributed by atoms with E-state index in [1.165, 1.54) is 12.1 Å². The molecule has 24 heavy (non-hydrogen) atoms. The average molecular weight is 343 g/mol. The van der Waals surface area contributed by atoms with Gasteiger partial charge >= 0.3 is 0 Å². The quantitative estimate of drug-likeness (QED) is 0.709. The molecule has 4 nitrogen and oxygen atoms in total. The van der Waals surface area contributed by atoms with Crippen LogP contribution in [0, 0.1) is 11.7 Å². The van der Waals surface area contributed by atoms with Gasteiger partial charge in [-0.1, -0.05) is 12.1 Å². The van der Waals surface area contributed by atoms with Gasteiger partial charge in [-0.05, 0) is 36.5 Å². The van der Waals surface area contributed by atoms with Crippen molar-refractivity contribution in [3.05, 3.63) is 59.1 Å². The fourth-order valence-corrected chi connectivity index (χ4v) is 3.90. The van der Waals surface area contributed by atoms with Crippen molar-refractivity contribution in [1.29, 1.82) is 0 Å². The molecule has 6 heteroatoms. The van der Waals surface area contributed by atoms with E-state index in [1.807, 2.05) is 29.2 Å². The Morgan fingerprint density at radius 1 is 1.42 bits per heavy atom. The number of nitrogens with zero attached hydrogens (tertiary/aromatic N) is 3. The molecule has 0 unspecified atom stereocenters. The lowest BCUT2D eigenvalue weighted by atomic mass is 10.0. The largest absolute Gasteiger partial charge is 0.338 e. The summed E-state index contributed by atoms with van der Waals surface area (Å²) in [6.07, 6.45) is 6.35. The SMILES string of the molecule is CN(C(=O)Cc1cn2ccsc2n1)[C@@H](c1ccc(F)cc1)C1CC1. The van der Waals surface area contributed by atoms with E-state index in [9.17, 15) is 9.18 Å².